The number of nitrogens with one attached hydrogen (secondary N) is 1. The lowest BCUT2D eigenvalue weighted by atomic mass is 10.1. The second kappa shape index (κ2) is 4.90. The lowest BCUT2D eigenvalue weighted by molar-refractivity contribution is 0.0984. The Morgan fingerprint density at radius 3 is 2.60 bits per heavy atom. The van der Waals surface area contributed by atoms with E-state index < -0.39 is 0 Å². The molecule has 0 aromatic carbocycles. The van der Waals surface area contributed by atoms with Crippen LogP contribution in [0.3, 0.4) is 0 Å². The molecule has 0 atom stereocenters. The Hall–Kier alpha value is -0.670. The van der Waals surface area contributed by atoms with E-state index in [0.717, 1.165) is 17.0 Å². The summed E-state index contributed by atoms with van der Waals surface area (Å²) >= 11 is 1.54. The molecule has 1 aromatic rings. The molecule has 0 spiro atoms. The summed E-state index contributed by atoms with van der Waals surface area (Å²) in [5.74, 6) is 0.249. The van der Waals surface area contributed by atoms with Crippen LogP contribution in [0.2, 0.25) is 0 Å². The van der Waals surface area contributed by atoms with E-state index in [2.05, 4.69) is 26.1 Å². The van der Waals surface area contributed by atoms with Crippen molar-refractivity contribution in [3.63, 3.8) is 0 Å². The quantitative estimate of drug-likeness (QED) is 0.798. The molecule has 1 aromatic heterocycles. The number of carbonyl (C=O) groups excluding carboxylic acids is 1. The average Bonchev–Trinajstić information content (AvgIpc) is 2.48. The molecule has 3 heteroatoms. The summed E-state index contributed by atoms with van der Waals surface area (Å²) in [6, 6.07) is 2.00. The lowest BCUT2D eigenvalue weighted by Gasteiger charge is -2.19. The van der Waals surface area contributed by atoms with Gasteiger partial charge in [-0.05, 0) is 44.7 Å². The zero-order valence-electron chi connectivity index (χ0n) is 9.89. The summed E-state index contributed by atoms with van der Waals surface area (Å²) in [6.07, 6.45) is 0.582. The van der Waals surface area contributed by atoms with Crippen molar-refractivity contribution in [3.05, 3.63) is 21.9 Å². The van der Waals surface area contributed by atoms with Crippen LogP contribution in [0.5, 0.6) is 0 Å². The predicted octanol–water partition coefficient (Wildman–Crippen LogP) is 3.02. The van der Waals surface area contributed by atoms with Crippen LogP contribution in [0.15, 0.2) is 11.4 Å². The zero-order chi connectivity index (χ0) is 11.5. The number of hydrogen-bond donors (Lipinski definition) is 1. The molecular formula is C12H19NOS. The molecule has 1 N–H and O–H groups in total. The van der Waals surface area contributed by atoms with Crippen molar-refractivity contribution >= 4 is 17.1 Å². The van der Waals surface area contributed by atoms with Gasteiger partial charge in [0.05, 0.1) is 4.88 Å². The third-order valence-corrected chi connectivity index (χ3v) is 3.18. The number of aryl methyl sites for hydroxylation is 1. The highest BCUT2D eigenvalue weighted by Gasteiger charge is 2.12. The van der Waals surface area contributed by atoms with E-state index in [1.54, 1.807) is 0 Å². The standard InChI is InChI=1S/C12H19NOS/c1-9-6-8-15-11(9)10(14)5-7-13-12(2,3)4/h6,8,13H,5,7H2,1-4H3. The van der Waals surface area contributed by atoms with Crippen molar-refractivity contribution in [2.24, 2.45) is 0 Å². The maximum absolute atomic E-state index is 11.8. The molecule has 0 fully saturated rings. The fourth-order valence-electron chi connectivity index (χ4n) is 1.32. The van der Waals surface area contributed by atoms with Crippen LogP contribution in [-0.4, -0.2) is 17.9 Å². The molecule has 15 heavy (non-hydrogen) atoms. The van der Waals surface area contributed by atoms with Gasteiger partial charge in [-0.15, -0.1) is 11.3 Å². The van der Waals surface area contributed by atoms with Gasteiger partial charge < -0.3 is 5.32 Å². The summed E-state index contributed by atoms with van der Waals surface area (Å²) < 4.78 is 0. The largest absolute Gasteiger partial charge is 0.312 e. The van der Waals surface area contributed by atoms with E-state index in [-0.39, 0.29) is 11.3 Å². The minimum atomic E-state index is 0.0881. The number of hydrogen-bond acceptors (Lipinski definition) is 3. The Morgan fingerprint density at radius 1 is 1.47 bits per heavy atom. The molecule has 0 radical (unpaired) electrons. The highest BCUT2D eigenvalue weighted by Crippen LogP contribution is 2.17. The zero-order valence-corrected chi connectivity index (χ0v) is 10.7. The number of thiophene rings is 1. The first-order chi connectivity index (χ1) is 6.90. The van der Waals surface area contributed by atoms with Crippen LogP contribution in [0.1, 0.15) is 42.4 Å². The summed E-state index contributed by atoms with van der Waals surface area (Å²) in [6.45, 7) is 9.05. The SMILES string of the molecule is Cc1ccsc1C(=O)CCNC(C)(C)C. The fraction of sp³-hybridized carbons (Fsp3) is 0.583. The highest BCUT2D eigenvalue weighted by atomic mass is 32.1. The molecular weight excluding hydrogens is 206 g/mol. The van der Waals surface area contributed by atoms with Gasteiger partial charge in [0.1, 0.15) is 0 Å². The van der Waals surface area contributed by atoms with Gasteiger partial charge >= 0.3 is 0 Å². The van der Waals surface area contributed by atoms with E-state index in [0.29, 0.717) is 6.42 Å². The fourth-order valence-corrected chi connectivity index (χ4v) is 2.22. The van der Waals surface area contributed by atoms with Gasteiger partial charge in [-0.3, -0.25) is 4.79 Å². The van der Waals surface area contributed by atoms with Crippen LogP contribution in [0.4, 0.5) is 0 Å². The van der Waals surface area contributed by atoms with E-state index >= 15 is 0 Å². The topological polar surface area (TPSA) is 29.1 Å². The van der Waals surface area contributed by atoms with E-state index in [1.165, 1.54) is 11.3 Å². The van der Waals surface area contributed by atoms with Crippen molar-refractivity contribution in [1.82, 2.24) is 5.32 Å². The first-order valence-electron chi connectivity index (χ1n) is 5.22. The first-order valence-corrected chi connectivity index (χ1v) is 6.10. The van der Waals surface area contributed by atoms with E-state index in [9.17, 15) is 4.79 Å². The minimum Gasteiger partial charge on any atom is -0.312 e. The van der Waals surface area contributed by atoms with Gasteiger partial charge in [0, 0.05) is 18.5 Å². The molecule has 1 rings (SSSR count). The maximum Gasteiger partial charge on any atom is 0.174 e. The third kappa shape index (κ3) is 4.14. The molecule has 2 nitrogen and oxygen atoms in total. The van der Waals surface area contributed by atoms with Gasteiger partial charge in [0.25, 0.3) is 0 Å². The molecule has 0 aliphatic heterocycles. The van der Waals surface area contributed by atoms with Crippen LogP contribution < -0.4 is 5.32 Å². The van der Waals surface area contributed by atoms with Gasteiger partial charge in [-0.2, -0.15) is 0 Å². The van der Waals surface area contributed by atoms with Gasteiger partial charge in [0.2, 0.25) is 0 Å². The normalized spacial score (nSPS) is 11.7. The molecule has 1 heterocycles. The number of Topliss-reactive ketones (excluding diaryl/α,β-unsaturated/α-hetero) is 1. The second-order valence-electron chi connectivity index (χ2n) is 4.78. The number of carbonyl (C=O) groups is 1. The first kappa shape index (κ1) is 12.4. The van der Waals surface area contributed by atoms with Gasteiger partial charge in [0.15, 0.2) is 5.78 Å². The number of rotatable bonds is 4. The summed E-state index contributed by atoms with van der Waals surface area (Å²) in [5, 5.41) is 5.29. The van der Waals surface area contributed by atoms with Crippen molar-refractivity contribution in [3.8, 4) is 0 Å². The Morgan fingerprint density at radius 2 is 2.13 bits per heavy atom. The molecule has 0 bridgehead atoms. The average molecular weight is 225 g/mol. The second-order valence-corrected chi connectivity index (χ2v) is 5.70. The van der Waals surface area contributed by atoms with Gasteiger partial charge in [-0.1, -0.05) is 0 Å². The smallest absolute Gasteiger partial charge is 0.174 e. The van der Waals surface area contributed by atoms with Crippen LogP contribution >= 0.6 is 11.3 Å². The highest BCUT2D eigenvalue weighted by molar-refractivity contribution is 7.12. The van der Waals surface area contributed by atoms with E-state index in [1.807, 2.05) is 18.4 Å². The molecule has 0 saturated carbocycles. The third-order valence-electron chi connectivity index (χ3n) is 2.12. The molecule has 0 aliphatic carbocycles. The molecule has 84 valence electrons. The van der Waals surface area contributed by atoms with Crippen molar-refractivity contribution in [2.45, 2.75) is 39.7 Å². The van der Waals surface area contributed by atoms with E-state index in [4.69, 9.17) is 0 Å². The Bertz CT molecular complexity index is 336. The Kier molecular flexibility index (Phi) is 4.05. The lowest BCUT2D eigenvalue weighted by Crippen LogP contribution is -2.37. The summed E-state index contributed by atoms with van der Waals surface area (Å²) in [4.78, 5) is 12.7. The number of ketones is 1. The summed E-state index contributed by atoms with van der Waals surface area (Å²) in [7, 11) is 0. The Labute approximate surface area is 95.7 Å². The molecule has 0 aliphatic rings. The molecule has 0 amide bonds. The maximum atomic E-state index is 11.8. The summed E-state index contributed by atoms with van der Waals surface area (Å²) in [5.41, 5.74) is 1.19. The minimum absolute atomic E-state index is 0.0881. The molecule has 0 saturated heterocycles. The van der Waals surface area contributed by atoms with Crippen LogP contribution in [-0.2, 0) is 0 Å². The van der Waals surface area contributed by atoms with Crippen molar-refractivity contribution < 1.29 is 4.79 Å². The van der Waals surface area contributed by atoms with Crippen molar-refractivity contribution in [2.75, 3.05) is 6.54 Å². The van der Waals surface area contributed by atoms with Gasteiger partial charge in [-0.25, -0.2) is 0 Å². The van der Waals surface area contributed by atoms with Crippen molar-refractivity contribution in [1.29, 1.82) is 0 Å². The Balaban J connectivity index is 2.41. The van der Waals surface area contributed by atoms with Crippen LogP contribution in [0, 0.1) is 6.92 Å². The van der Waals surface area contributed by atoms with Crippen LogP contribution in [0.25, 0.3) is 0 Å². The predicted molar refractivity (Wildman–Crippen MR) is 65.8 cm³/mol. The molecule has 0 unspecified atom stereocenters. The monoisotopic (exact) mass is 225 g/mol.